The molecule has 1 saturated heterocycles. The van der Waals surface area contributed by atoms with Crippen LogP contribution in [0.15, 0.2) is 42.5 Å². The lowest BCUT2D eigenvalue weighted by Crippen LogP contribution is -3.27. The maximum atomic E-state index is 13.0. The van der Waals surface area contributed by atoms with Gasteiger partial charge in [-0.05, 0) is 30.3 Å². The highest BCUT2D eigenvalue weighted by Gasteiger charge is 2.24. The SMILES string of the molecule is COc1ccc(O)c(C[NH+]2CC[NH+](Cc3ccc(F)cc3)CC2)c1. The third kappa shape index (κ3) is 4.24. The zero-order valence-electron chi connectivity index (χ0n) is 14.0. The molecule has 2 aromatic carbocycles. The van der Waals surface area contributed by atoms with Gasteiger partial charge in [-0.2, -0.15) is 0 Å². The van der Waals surface area contributed by atoms with Crippen molar-refractivity contribution in [1.29, 1.82) is 0 Å². The Morgan fingerprint density at radius 3 is 2.21 bits per heavy atom. The molecule has 0 aliphatic carbocycles. The molecule has 2 aromatic rings. The van der Waals surface area contributed by atoms with Gasteiger partial charge >= 0.3 is 0 Å². The number of rotatable bonds is 5. The lowest BCUT2D eigenvalue weighted by molar-refractivity contribution is -1.02. The molecule has 0 bridgehead atoms. The number of quaternary nitrogens is 2. The number of hydrogen-bond donors (Lipinski definition) is 3. The number of phenols is 1. The van der Waals surface area contributed by atoms with Crippen LogP contribution in [0, 0.1) is 5.82 Å². The molecule has 3 N–H and O–H groups in total. The van der Waals surface area contributed by atoms with Crippen molar-refractivity contribution in [3.05, 3.63) is 59.4 Å². The number of benzene rings is 2. The first-order chi connectivity index (χ1) is 11.6. The van der Waals surface area contributed by atoms with Gasteiger partial charge in [-0.25, -0.2) is 4.39 Å². The van der Waals surface area contributed by atoms with E-state index in [2.05, 4.69) is 0 Å². The summed E-state index contributed by atoms with van der Waals surface area (Å²) in [5, 5.41) is 10.0. The van der Waals surface area contributed by atoms with Crippen LogP contribution < -0.4 is 14.5 Å². The molecule has 0 radical (unpaired) electrons. The first kappa shape index (κ1) is 16.7. The van der Waals surface area contributed by atoms with Crippen LogP contribution in [0.2, 0.25) is 0 Å². The third-order valence-corrected chi connectivity index (χ3v) is 4.76. The lowest BCUT2D eigenvalue weighted by Gasteiger charge is -2.30. The topological polar surface area (TPSA) is 38.3 Å². The average molecular weight is 332 g/mol. The zero-order chi connectivity index (χ0) is 16.9. The molecule has 4 nitrogen and oxygen atoms in total. The number of aromatic hydroxyl groups is 1. The molecule has 0 spiro atoms. The quantitative estimate of drug-likeness (QED) is 0.723. The molecule has 0 aromatic heterocycles. The third-order valence-electron chi connectivity index (χ3n) is 4.76. The van der Waals surface area contributed by atoms with Gasteiger partial charge in [0.25, 0.3) is 0 Å². The molecule has 0 atom stereocenters. The van der Waals surface area contributed by atoms with Gasteiger partial charge in [0.2, 0.25) is 0 Å². The summed E-state index contributed by atoms with van der Waals surface area (Å²) in [5.74, 6) is 0.938. The van der Waals surface area contributed by atoms with E-state index >= 15 is 0 Å². The molecule has 0 amide bonds. The molecule has 0 saturated carbocycles. The summed E-state index contributed by atoms with van der Waals surface area (Å²) in [7, 11) is 1.64. The highest BCUT2D eigenvalue weighted by atomic mass is 19.1. The number of nitrogens with one attached hydrogen (secondary N) is 2. The smallest absolute Gasteiger partial charge is 0.127 e. The highest BCUT2D eigenvalue weighted by Crippen LogP contribution is 2.21. The number of ether oxygens (including phenoxy) is 1. The van der Waals surface area contributed by atoms with Crippen molar-refractivity contribution in [3.8, 4) is 11.5 Å². The fourth-order valence-electron chi connectivity index (χ4n) is 3.30. The van der Waals surface area contributed by atoms with Crippen LogP contribution in [0.4, 0.5) is 4.39 Å². The van der Waals surface area contributed by atoms with E-state index in [1.165, 1.54) is 27.5 Å². The minimum Gasteiger partial charge on any atom is -0.507 e. The van der Waals surface area contributed by atoms with Crippen molar-refractivity contribution in [2.75, 3.05) is 33.3 Å². The molecule has 1 aliphatic heterocycles. The van der Waals surface area contributed by atoms with Crippen molar-refractivity contribution < 1.29 is 24.0 Å². The summed E-state index contributed by atoms with van der Waals surface area (Å²) in [5.41, 5.74) is 2.12. The molecule has 1 aliphatic rings. The van der Waals surface area contributed by atoms with Gasteiger partial charge in [-0.1, -0.05) is 12.1 Å². The molecule has 128 valence electrons. The molecule has 3 rings (SSSR count). The van der Waals surface area contributed by atoms with Crippen LogP contribution in [0.25, 0.3) is 0 Å². The normalized spacial score (nSPS) is 20.8. The Morgan fingerprint density at radius 1 is 0.958 bits per heavy atom. The predicted molar refractivity (Wildman–Crippen MR) is 89.9 cm³/mol. The van der Waals surface area contributed by atoms with Crippen molar-refractivity contribution in [1.82, 2.24) is 0 Å². The molecule has 1 heterocycles. The molecule has 1 fully saturated rings. The molecular formula is C19H25FN2O2+2. The van der Waals surface area contributed by atoms with Gasteiger partial charge in [-0.15, -0.1) is 0 Å². The van der Waals surface area contributed by atoms with E-state index in [4.69, 9.17) is 4.74 Å². The Hall–Kier alpha value is -2.11. The second kappa shape index (κ2) is 7.64. The van der Waals surface area contributed by atoms with Gasteiger partial charge < -0.3 is 19.6 Å². The van der Waals surface area contributed by atoms with E-state index in [-0.39, 0.29) is 5.82 Å². The van der Waals surface area contributed by atoms with Crippen LogP contribution in [-0.2, 0) is 13.1 Å². The van der Waals surface area contributed by atoms with E-state index < -0.39 is 0 Å². The van der Waals surface area contributed by atoms with E-state index in [0.29, 0.717) is 5.75 Å². The van der Waals surface area contributed by atoms with Gasteiger partial charge in [0, 0.05) is 5.56 Å². The Morgan fingerprint density at radius 2 is 1.58 bits per heavy atom. The fourth-order valence-corrected chi connectivity index (χ4v) is 3.30. The van der Waals surface area contributed by atoms with Crippen molar-refractivity contribution in [2.45, 2.75) is 13.1 Å². The van der Waals surface area contributed by atoms with Gasteiger partial charge in [0.15, 0.2) is 0 Å². The van der Waals surface area contributed by atoms with Crippen LogP contribution in [0.1, 0.15) is 11.1 Å². The highest BCUT2D eigenvalue weighted by molar-refractivity contribution is 5.38. The first-order valence-electron chi connectivity index (χ1n) is 8.41. The summed E-state index contributed by atoms with van der Waals surface area (Å²) in [6.07, 6.45) is 0. The van der Waals surface area contributed by atoms with Crippen LogP contribution >= 0.6 is 0 Å². The standard InChI is InChI=1S/C19H23FN2O2/c1-24-18-6-7-19(23)16(12-18)14-22-10-8-21(9-11-22)13-15-2-4-17(20)5-3-15/h2-7,12,23H,8-11,13-14H2,1H3/p+2. The average Bonchev–Trinajstić information content (AvgIpc) is 2.60. The summed E-state index contributed by atoms with van der Waals surface area (Å²) in [6.45, 7) is 6.04. The Bertz CT molecular complexity index is 668. The van der Waals surface area contributed by atoms with Gasteiger partial charge in [0.05, 0.1) is 12.7 Å². The Balaban J connectivity index is 1.52. The number of halogens is 1. The summed E-state index contributed by atoms with van der Waals surface area (Å²) in [6, 6.07) is 12.2. The lowest BCUT2D eigenvalue weighted by atomic mass is 10.1. The molecule has 0 unspecified atom stereocenters. The fraction of sp³-hybridized carbons (Fsp3) is 0.368. The summed E-state index contributed by atoms with van der Waals surface area (Å²) >= 11 is 0. The minimum absolute atomic E-state index is 0.180. The molecule has 5 heteroatoms. The van der Waals surface area contributed by atoms with Gasteiger partial charge in [-0.3, -0.25) is 0 Å². The number of methoxy groups -OCH3 is 1. The van der Waals surface area contributed by atoms with Crippen LogP contribution in [0.3, 0.4) is 0 Å². The van der Waals surface area contributed by atoms with Gasteiger partial charge in [0.1, 0.15) is 56.6 Å². The van der Waals surface area contributed by atoms with E-state index in [0.717, 1.165) is 50.6 Å². The maximum absolute atomic E-state index is 13.0. The molecular weight excluding hydrogens is 307 g/mol. The second-order valence-electron chi connectivity index (χ2n) is 6.47. The van der Waals surface area contributed by atoms with E-state index in [9.17, 15) is 9.50 Å². The van der Waals surface area contributed by atoms with Crippen LogP contribution in [0.5, 0.6) is 11.5 Å². The number of hydrogen-bond acceptors (Lipinski definition) is 2. The molecule has 24 heavy (non-hydrogen) atoms. The Kier molecular flexibility index (Phi) is 5.33. The van der Waals surface area contributed by atoms with Crippen molar-refractivity contribution in [3.63, 3.8) is 0 Å². The summed E-state index contributed by atoms with van der Waals surface area (Å²) < 4.78 is 18.2. The number of piperazine rings is 1. The first-order valence-corrected chi connectivity index (χ1v) is 8.41. The Labute approximate surface area is 142 Å². The van der Waals surface area contributed by atoms with E-state index in [1.807, 2.05) is 18.2 Å². The minimum atomic E-state index is -0.180. The second-order valence-corrected chi connectivity index (χ2v) is 6.47. The maximum Gasteiger partial charge on any atom is 0.127 e. The van der Waals surface area contributed by atoms with Crippen LogP contribution in [-0.4, -0.2) is 38.4 Å². The summed E-state index contributed by atoms with van der Waals surface area (Å²) in [4.78, 5) is 3.00. The monoisotopic (exact) mass is 332 g/mol. The van der Waals surface area contributed by atoms with Crippen molar-refractivity contribution >= 4 is 0 Å². The zero-order valence-corrected chi connectivity index (χ0v) is 14.0. The van der Waals surface area contributed by atoms with Crippen molar-refractivity contribution in [2.24, 2.45) is 0 Å². The predicted octanol–water partition coefficient (Wildman–Crippen LogP) is 0.0235. The number of phenolic OH excluding ortho intramolecular Hbond substituents is 1. The van der Waals surface area contributed by atoms with E-state index in [1.54, 1.807) is 19.2 Å². The largest absolute Gasteiger partial charge is 0.507 e.